The first-order valence-corrected chi connectivity index (χ1v) is 7.79. The third-order valence-corrected chi connectivity index (χ3v) is 3.89. The molecule has 3 aromatic rings. The average molecular weight is 369 g/mol. The topological polar surface area (TPSA) is 30.7 Å². The Balaban J connectivity index is 2.36. The van der Waals surface area contributed by atoms with Crippen molar-refractivity contribution >= 4 is 38.7 Å². The number of halogens is 3. The standard InChI is InChI=1S/C15H12BrClFN3/c1-9-3-2-4-11(18)14(9)21-13(5-6-17)20-12-7-10(16)8-19-15(12)21/h2-4,7-8H,5-6H2,1H3. The number of aryl methyl sites for hydroxylation is 2. The van der Waals surface area contributed by atoms with Crippen LogP contribution in [0.2, 0.25) is 0 Å². The molecule has 3 rings (SSSR count). The molecule has 0 fully saturated rings. The number of hydrogen-bond donors (Lipinski definition) is 0. The summed E-state index contributed by atoms with van der Waals surface area (Å²) in [4.78, 5) is 8.93. The van der Waals surface area contributed by atoms with Crippen LogP contribution in [-0.4, -0.2) is 20.4 Å². The highest BCUT2D eigenvalue weighted by Gasteiger charge is 2.18. The molecular weight excluding hydrogens is 357 g/mol. The normalized spacial score (nSPS) is 11.2. The smallest absolute Gasteiger partial charge is 0.164 e. The predicted octanol–water partition coefficient (Wildman–Crippen LogP) is 4.41. The van der Waals surface area contributed by atoms with E-state index >= 15 is 0 Å². The van der Waals surface area contributed by atoms with Gasteiger partial charge >= 0.3 is 0 Å². The maximum absolute atomic E-state index is 14.3. The van der Waals surface area contributed by atoms with Crippen LogP contribution in [0.3, 0.4) is 0 Å². The number of imidazole rings is 1. The van der Waals surface area contributed by atoms with Crippen LogP contribution in [0.4, 0.5) is 4.39 Å². The van der Waals surface area contributed by atoms with Crippen LogP contribution >= 0.6 is 27.5 Å². The second-order valence-corrected chi connectivity index (χ2v) is 6.00. The fourth-order valence-electron chi connectivity index (χ4n) is 2.38. The van der Waals surface area contributed by atoms with Gasteiger partial charge in [-0.05, 0) is 40.5 Å². The van der Waals surface area contributed by atoms with Crippen molar-refractivity contribution < 1.29 is 4.39 Å². The largest absolute Gasteiger partial charge is 0.277 e. The van der Waals surface area contributed by atoms with E-state index in [2.05, 4.69) is 25.9 Å². The number of aromatic nitrogens is 3. The molecule has 2 heterocycles. The Bertz CT molecular complexity index is 796. The number of benzene rings is 1. The molecule has 2 aromatic heterocycles. The number of rotatable bonds is 3. The molecule has 1 aromatic carbocycles. The molecular formula is C15H12BrClFN3. The highest BCUT2D eigenvalue weighted by molar-refractivity contribution is 9.10. The zero-order valence-corrected chi connectivity index (χ0v) is 13.6. The van der Waals surface area contributed by atoms with E-state index in [0.717, 1.165) is 10.0 Å². The second-order valence-electron chi connectivity index (χ2n) is 4.70. The lowest BCUT2D eigenvalue weighted by Crippen LogP contribution is -2.07. The number of nitrogens with zero attached hydrogens (tertiary/aromatic N) is 3. The molecule has 0 atom stereocenters. The van der Waals surface area contributed by atoms with Crippen molar-refractivity contribution in [3.8, 4) is 5.69 Å². The zero-order chi connectivity index (χ0) is 15.0. The third-order valence-electron chi connectivity index (χ3n) is 3.26. The van der Waals surface area contributed by atoms with E-state index in [1.165, 1.54) is 6.07 Å². The van der Waals surface area contributed by atoms with Crippen LogP contribution < -0.4 is 0 Å². The van der Waals surface area contributed by atoms with Crippen molar-refractivity contribution in [2.45, 2.75) is 13.3 Å². The molecule has 6 heteroatoms. The molecule has 0 radical (unpaired) electrons. The maximum atomic E-state index is 14.3. The Hall–Kier alpha value is -1.46. The van der Waals surface area contributed by atoms with Gasteiger partial charge < -0.3 is 0 Å². The first-order chi connectivity index (χ1) is 10.1. The lowest BCUT2D eigenvalue weighted by atomic mass is 10.2. The molecule has 0 amide bonds. The lowest BCUT2D eigenvalue weighted by Gasteiger charge is -2.12. The van der Waals surface area contributed by atoms with Gasteiger partial charge in [-0.25, -0.2) is 14.4 Å². The fraction of sp³-hybridized carbons (Fsp3) is 0.200. The number of fused-ring (bicyclic) bond motifs is 1. The van der Waals surface area contributed by atoms with Gasteiger partial charge in [-0.3, -0.25) is 4.57 Å². The summed E-state index contributed by atoms with van der Waals surface area (Å²) in [7, 11) is 0. The Labute approximate surface area is 134 Å². The molecule has 0 unspecified atom stereocenters. The van der Waals surface area contributed by atoms with Crippen molar-refractivity contribution in [1.29, 1.82) is 0 Å². The predicted molar refractivity (Wildman–Crippen MR) is 85.7 cm³/mol. The zero-order valence-electron chi connectivity index (χ0n) is 11.3. The minimum atomic E-state index is -0.296. The second kappa shape index (κ2) is 5.73. The fourth-order valence-corrected chi connectivity index (χ4v) is 2.87. The van der Waals surface area contributed by atoms with E-state index in [9.17, 15) is 4.39 Å². The van der Waals surface area contributed by atoms with Crippen molar-refractivity contribution in [3.05, 3.63) is 52.1 Å². The SMILES string of the molecule is Cc1cccc(F)c1-n1c(CCCl)nc2cc(Br)cnc21. The molecule has 21 heavy (non-hydrogen) atoms. The summed E-state index contributed by atoms with van der Waals surface area (Å²) < 4.78 is 16.9. The Morgan fingerprint density at radius 2 is 2.19 bits per heavy atom. The van der Waals surface area contributed by atoms with Crippen LogP contribution in [-0.2, 0) is 6.42 Å². The molecule has 0 aliphatic carbocycles. The summed E-state index contributed by atoms with van der Waals surface area (Å²) in [6.45, 7) is 1.87. The van der Waals surface area contributed by atoms with Gasteiger partial charge in [0.1, 0.15) is 17.2 Å². The molecule has 108 valence electrons. The minimum absolute atomic E-state index is 0.296. The number of alkyl halides is 1. The highest BCUT2D eigenvalue weighted by atomic mass is 79.9. The third kappa shape index (κ3) is 2.56. The molecule has 0 spiro atoms. The van der Waals surface area contributed by atoms with Gasteiger partial charge in [-0.2, -0.15) is 0 Å². The van der Waals surface area contributed by atoms with Gasteiger partial charge in [0.15, 0.2) is 5.65 Å². The molecule has 0 aliphatic heterocycles. The number of hydrogen-bond acceptors (Lipinski definition) is 2. The monoisotopic (exact) mass is 367 g/mol. The number of pyridine rings is 1. The summed E-state index contributed by atoms with van der Waals surface area (Å²) in [5.74, 6) is 0.825. The quantitative estimate of drug-likeness (QED) is 0.641. The van der Waals surface area contributed by atoms with E-state index in [0.29, 0.717) is 35.0 Å². The van der Waals surface area contributed by atoms with Crippen LogP contribution in [0, 0.1) is 12.7 Å². The van der Waals surface area contributed by atoms with E-state index in [1.807, 2.05) is 19.1 Å². The van der Waals surface area contributed by atoms with E-state index in [1.54, 1.807) is 16.8 Å². The van der Waals surface area contributed by atoms with Gasteiger partial charge in [-0.1, -0.05) is 12.1 Å². The first kappa shape index (κ1) is 14.5. The molecule has 0 N–H and O–H groups in total. The minimum Gasteiger partial charge on any atom is -0.277 e. The summed E-state index contributed by atoms with van der Waals surface area (Å²) in [5, 5.41) is 0. The average Bonchev–Trinajstić information content (AvgIpc) is 2.77. The molecule has 0 saturated carbocycles. The van der Waals surface area contributed by atoms with Gasteiger partial charge in [0.25, 0.3) is 0 Å². The molecule has 0 saturated heterocycles. The summed E-state index contributed by atoms with van der Waals surface area (Å²) in [6.07, 6.45) is 2.23. The van der Waals surface area contributed by atoms with Gasteiger partial charge in [0.2, 0.25) is 0 Å². The van der Waals surface area contributed by atoms with Gasteiger partial charge in [0.05, 0.1) is 5.69 Å². The Morgan fingerprint density at radius 1 is 1.38 bits per heavy atom. The van der Waals surface area contributed by atoms with Crippen molar-refractivity contribution in [3.63, 3.8) is 0 Å². The van der Waals surface area contributed by atoms with Crippen LogP contribution in [0.5, 0.6) is 0 Å². The molecule has 3 nitrogen and oxygen atoms in total. The summed E-state index contributed by atoms with van der Waals surface area (Å²) >= 11 is 9.24. The Morgan fingerprint density at radius 3 is 2.90 bits per heavy atom. The van der Waals surface area contributed by atoms with Gasteiger partial charge in [-0.15, -0.1) is 11.6 Å². The van der Waals surface area contributed by atoms with E-state index in [4.69, 9.17) is 11.6 Å². The van der Waals surface area contributed by atoms with Crippen LogP contribution in [0.25, 0.3) is 16.9 Å². The molecule has 0 aliphatic rings. The molecule has 0 bridgehead atoms. The van der Waals surface area contributed by atoms with E-state index < -0.39 is 0 Å². The van der Waals surface area contributed by atoms with Crippen LogP contribution in [0.15, 0.2) is 34.9 Å². The van der Waals surface area contributed by atoms with E-state index in [-0.39, 0.29) is 5.82 Å². The Kier molecular flexibility index (Phi) is 3.95. The van der Waals surface area contributed by atoms with Crippen molar-refractivity contribution in [1.82, 2.24) is 14.5 Å². The first-order valence-electron chi connectivity index (χ1n) is 6.46. The lowest BCUT2D eigenvalue weighted by molar-refractivity contribution is 0.615. The highest BCUT2D eigenvalue weighted by Crippen LogP contribution is 2.26. The van der Waals surface area contributed by atoms with Crippen molar-refractivity contribution in [2.24, 2.45) is 0 Å². The maximum Gasteiger partial charge on any atom is 0.164 e. The van der Waals surface area contributed by atoms with Gasteiger partial charge in [0, 0.05) is 23.0 Å². The van der Waals surface area contributed by atoms with Crippen LogP contribution in [0.1, 0.15) is 11.4 Å². The van der Waals surface area contributed by atoms with Crippen molar-refractivity contribution in [2.75, 3.05) is 5.88 Å². The summed E-state index contributed by atoms with van der Waals surface area (Å²) in [6, 6.07) is 6.87. The summed E-state index contributed by atoms with van der Waals surface area (Å²) in [5.41, 5.74) is 2.66. The number of para-hydroxylation sites is 1.